The van der Waals surface area contributed by atoms with Crippen LogP contribution in [0.2, 0.25) is 0 Å². The molecule has 3 heterocycles. The van der Waals surface area contributed by atoms with Crippen molar-refractivity contribution < 1.29 is 24.0 Å². The Morgan fingerprint density at radius 2 is 2.23 bits per heavy atom. The van der Waals surface area contributed by atoms with Crippen molar-refractivity contribution in [2.75, 3.05) is 32.6 Å². The number of thiophene rings is 1. The molecular formula is C13H17N3O5S. The lowest BCUT2D eigenvalue weighted by Gasteiger charge is -2.43. The molecule has 0 aromatic carbocycles. The van der Waals surface area contributed by atoms with Crippen molar-refractivity contribution in [1.82, 2.24) is 10.1 Å². The molecule has 1 saturated heterocycles. The first kappa shape index (κ1) is 15.4. The van der Waals surface area contributed by atoms with Gasteiger partial charge in [-0.25, -0.2) is 9.74 Å². The average molecular weight is 327 g/mol. The van der Waals surface area contributed by atoms with Crippen LogP contribution in [0.1, 0.15) is 34.1 Å². The highest BCUT2D eigenvalue weighted by Crippen LogP contribution is 2.39. The number of amides is 2. The number of imide groups is 1. The van der Waals surface area contributed by atoms with Gasteiger partial charge in [0.2, 0.25) is 0 Å². The quantitative estimate of drug-likeness (QED) is 0.820. The van der Waals surface area contributed by atoms with Gasteiger partial charge in [-0.05, 0) is 6.92 Å². The number of methoxy groups -OCH3 is 1. The van der Waals surface area contributed by atoms with E-state index >= 15 is 0 Å². The van der Waals surface area contributed by atoms with Gasteiger partial charge in [0, 0.05) is 18.9 Å². The molecule has 0 saturated carbocycles. The third kappa shape index (κ3) is 2.31. The van der Waals surface area contributed by atoms with Gasteiger partial charge in [0.25, 0.3) is 11.8 Å². The monoisotopic (exact) mass is 327 g/mol. The normalized spacial score (nSPS) is 25.8. The fourth-order valence-corrected chi connectivity index (χ4v) is 3.34. The number of hydroxylamine groups is 2. The maximum absolute atomic E-state index is 12.6. The minimum absolute atomic E-state index is 0.273. The highest BCUT2D eigenvalue weighted by molar-refractivity contribution is 7.14. The molecular weight excluding hydrogens is 310 g/mol. The summed E-state index contributed by atoms with van der Waals surface area (Å²) in [4.78, 5) is 37.3. The lowest BCUT2D eigenvalue weighted by Crippen LogP contribution is -2.58. The van der Waals surface area contributed by atoms with E-state index in [1.165, 1.54) is 16.6 Å². The van der Waals surface area contributed by atoms with Crippen molar-refractivity contribution in [3.05, 3.63) is 16.5 Å². The molecule has 1 aromatic heterocycles. The van der Waals surface area contributed by atoms with E-state index in [2.05, 4.69) is 0 Å². The van der Waals surface area contributed by atoms with Gasteiger partial charge in [0.05, 0.1) is 35.9 Å². The highest BCUT2D eigenvalue weighted by atomic mass is 32.1. The Hall–Kier alpha value is -1.52. The lowest BCUT2D eigenvalue weighted by atomic mass is 10.1. The van der Waals surface area contributed by atoms with Crippen LogP contribution in [0, 0.1) is 0 Å². The molecule has 0 spiro atoms. The van der Waals surface area contributed by atoms with E-state index in [-0.39, 0.29) is 11.5 Å². The van der Waals surface area contributed by atoms with Gasteiger partial charge in [-0.1, -0.05) is 5.23 Å². The molecule has 0 unspecified atom stereocenters. The van der Waals surface area contributed by atoms with Crippen LogP contribution < -0.4 is 5.73 Å². The van der Waals surface area contributed by atoms with Crippen LogP contribution in [0.5, 0.6) is 0 Å². The third-order valence-corrected chi connectivity index (χ3v) is 4.53. The summed E-state index contributed by atoms with van der Waals surface area (Å²) in [6, 6.07) is 0. The van der Waals surface area contributed by atoms with Crippen molar-refractivity contribution in [3.8, 4) is 0 Å². The number of nitrogen functional groups attached to an aromatic ring is 1. The topological polar surface area (TPSA) is 94.3 Å². The average Bonchev–Trinajstić information content (AvgIpc) is 2.97. The van der Waals surface area contributed by atoms with Gasteiger partial charge in [-0.15, -0.1) is 11.3 Å². The van der Waals surface area contributed by atoms with Gasteiger partial charge < -0.3 is 10.5 Å². The first-order valence-corrected chi connectivity index (χ1v) is 7.70. The van der Waals surface area contributed by atoms with Crippen LogP contribution in [-0.4, -0.2) is 54.5 Å². The second-order valence-corrected chi connectivity index (χ2v) is 6.14. The zero-order valence-corrected chi connectivity index (χ0v) is 13.1. The maximum atomic E-state index is 12.6. The number of hydrogen-bond acceptors (Lipinski definition) is 8. The molecule has 0 bridgehead atoms. The molecule has 2 aliphatic rings. The number of rotatable bonds is 4. The molecule has 1 fully saturated rings. The minimum atomic E-state index is -1.11. The molecule has 2 aliphatic heterocycles. The van der Waals surface area contributed by atoms with Gasteiger partial charge in [-0.3, -0.25) is 14.4 Å². The summed E-state index contributed by atoms with van der Waals surface area (Å²) in [7, 11) is 1.57. The van der Waals surface area contributed by atoms with Crippen molar-refractivity contribution in [2.24, 2.45) is 0 Å². The van der Waals surface area contributed by atoms with Crippen LogP contribution in [0.4, 0.5) is 5.00 Å². The summed E-state index contributed by atoms with van der Waals surface area (Å²) in [6.07, 6.45) is 0.377. The Kier molecular flexibility index (Phi) is 3.91. The number of ether oxygens (including phenoxy) is 1. The number of carbonyl (C=O) groups excluding carboxylic acids is 2. The summed E-state index contributed by atoms with van der Waals surface area (Å²) in [5, 5.41) is 3.21. The van der Waals surface area contributed by atoms with Crippen LogP contribution in [0.15, 0.2) is 5.38 Å². The third-order valence-electron chi connectivity index (χ3n) is 3.72. The number of anilines is 1. The van der Waals surface area contributed by atoms with Crippen molar-refractivity contribution in [3.63, 3.8) is 0 Å². The van der Waals surface area contributed by atoms with Gasteiger partial charge >= 0.3 is 0 Å². The van der Waals surface area contributed by atoms with E-state index in [1.54, 1.807) is 19.4 Å². The standard InChI is InChI=1S/C13H17N3O5S/c1-13(3-5-20-15(21-13)4-6-19-2)16-11(17)8-7-22-10(14)9(8)12(16)18/h7H,3-6,14H2,1-2H3/t13-/m0/s1. The SMILES string of the molecule is COCCN1OCC[C@@](C)(N2C(=O)c3csc(N)c3C2=O)O1. The van der Waals surface area contributed by atoms with Gasteiger partial charge in [-0.2, -0.15) is 0 Å². The summed E-state index contributed by atoms with van der Waals surface area (Å²) in [6.45, 7) is 2.79. The largest absolute Gasteiger partial charge is 0.390 e. The molecule has 0 radical (unpaired) electrons. The molecule has 9 heteroatoms. The molecule has 8 nitrogen and oxygen atoms in total. The van der Waals surface area contributed by atoms with Crippen molar-refractivity contribution in [1.29, 1.82) is 0 Å². The Morgan fingerprint density at radius 3 is 2.91 bits per heavy atom. The lowest BCUT2D eigenvalue weighted by molar-refractivity contribution is -0.452. The maximum Gasteiger partial charge on any atom is 0.266 e. The molecule has 120 valence electrons. The number of fused-ring (bicyclic) bond motifs is 1. The summed E-state index contributed by atoms with van der Waals surface area (Å²) in [5.41, 5.74) is 5.30. The summed E-state index contributed by atoms with van der Waals surface area (Å²) < 4.78 is 4.97. The molecule has 2 N–H and O–H groups in total. The van der Waals surface area contributed by atoms with Crippen molar-refractivity contribution in [2.45, 2.75) is 19.1 Å². The van der Waals surface area contributed by atoms with E-state index in [4.69, 9.17) is 20.1 Å². The van der Waals surface area contributed by atoms with E-state index in [0.717, 1.165) is 4.90 Å². The Morgan fingerprint density at radius 1 is 1.45 bits per heavy atom. The smallest absolute Gasteiger partial charge is 0.266 e. The van der Waals surface area contributed by atoms with E-state index in [9.17, 15) is 9.59 Å². The zero-order chi connectivity index (χ0) is 15.9. The molecule has 3 rings (SSSR count). The molecule has 22 heavy (non-hydrogen) atoms. The van der Waals surface area contributed by atoms with E-state index in [1.807, 2.05) is 0 Å². The molecule has 2 amide bonds. The van der Waals surface area contributed by atoms with Gasteiger partial charge in [0.15, 0.2) is 5.72 Å². The summed E-state index contributed by atoms with van der Waals surface area (Å²) in [5.74, 6) is -0.807. The first-order valence-electron chi connectivity index (χ1n) is 6.82. The van der Waals surface area contributed by atoms with Crippen LogP contribution >= 0.6 is 11.3 Å². The fraction of sp³-hybridized carbons (Fsp3) is 0.538. The second kappa shape index (κ2) is 5.60. The number of hydrogen-bond donors (Lipinski definition) is 1. The highest BCUT2D eigenvalue weighted by Gasteiger charge is 2.51. The fourth-order valence-electron chi connectivity index (χ4n) is 2.56. The molecule has 1 aromatic rings. The van der Waals surface area contributed by atoms with Crippen LogP contribution in [-0.2, 0) is 14.4 Å². The van der Waals surface area contributed by atoms with E-state index in [0.29, 0.717) is 36.7 Å². The predicted octanol–water partition coefficient (Wildman–Crippen LogP) is 0.858. The number of nitrogens with two attached hydrogens (primary N) is 1. The molecule has 0 aliphatic carbocycles. The van der Waals surface area contributed by atoms with Crippen LogP contribution in [0.3, 0.4) is 0 Å². The first-order chi connectivity index (χ1) is 10.5. The Labute approximate surface area is 131 Å². The number of nitrogens with zero attached hydrogens (tertiary/aromatic N) is 2. The minimum Gasteiger partial charge on any atom is -0.390 e. The van der Waals surface area contributed by atoms with Crippen molar-refractivity contribution >= 4 is 28.2 Å². The van der Waals surface area contributed by atoms with Gasteiger partial charge in [0.1, 0.15) is 0 Å². The molecule has 1 atom stereocenters. The second-order valence-electron chi connectivity index (χ2n) is 5.23. The summed E-state index contributed by atoms with van der Waals surface area (Å²) >= 11 is 1.19. The number of carbonyl (C=O) groups is 2. The van der Waals surface area contributed by atoms with E-state index < -0.39 is 11.6 Å². The Bertz CT molecular complexity index is 619. The zero-order valence-electron chi connectivity index (χ0n) is 12.3. The van der Waals surface area contributed by atoms with Crippen LogP contribution in [0.25, 0.3) is 0 Å². The Balaban J connectivity index is 1.84. The predicted molar refractivity (Wildman–Crippen MR) is 77.9 cm³/mol.